The van der Waals surface area contributed by atoms with Crippen LogP contribution >= 0.6 is 0 Å². The monoisotopic (exact) mass is 282 g/mol. The van der Waals surface area contributed by atoms with Crippen molar-refractivity contribution in [2.75, 3.05) is 13.1 Å². The highest BCUT2D eigenvalue weighted by Crippen LogP contribution is 2.45. The van der Waals surface area contributed by atoms with Gasteiger partial charge in [-0.2, -0.15) is 13.2 Å². The molecule has 0 aromatic carbocycles. The summed E-state index contributed by atoms with van der Waals surface area (Å²) in [6.07, 6.45) is -7.04. The standard InChI is InChI=1S/C11H17F3N2O3/c1-2-10-6-9(19,11(12,13)14)3-8(18)16(10)5-7(17)4-15-10/h7,15,17,19H,2-6H2,1H3/t7-,9-,10+/m0/s1. The van der Waals surface area contributed by atoms with Crippen molar-refractivity contribution in [3.8, 4) is 0 Å². The third-order valence-corrected chi connectivity index (χ3v) is 4.02. The van der Waals surface area contributed by atoms with Crippen molar-refractivity contribution in [1.82, 2.24) is 10.2 Å². The second-order valence-corrected chi connectivity index (χ2v) is 5.31. The van der Waals surface area contributed by atoms with Gasteiger partial charge in [-0.1, -0.05) is 6.92 Å². The van der Waals surface area contributed by atoms with Gasteiger partial charge in [-0.15, -0.1) is 0 Å². The fourth-order valence-corrected chi connectivity index (χ4v) is 2.88. The first-order chi connectivity index (χ1) is 8.63. The van der Waals surface area contributed by atoms with E-state index in [0.29, 0.717) is 0 Å². The lowest BCUT2D eigenvalue weighted by atomic mass is 9.78. The minimum atomic E-state index is -4.85. The molecule has 5 nitrogen and oxygen atoms in total. The molecule has 2 heterocycles. The van der Waals surface area contributed by atoms with Gasteiger partial charge in [-0.25, -0.2) is 0 Å². The topological polar surface area (TPSA) is 72.8 Å². The lowest BCUT2D eigenvalue weighted by Crippen LogP contribution is -2.75. The van der Waals surface area contributed by atoms with E-state index < -0.39 is 42.3 Å². The minimum Gasteiger partial charge on any atom is -0.390 e. The highest BCUT2D eigenvalue weighted by molar-refractivity contribution is 5.79. The molecule has 2 rings (SSSR count). The van der Waals surface area contributed by atoms with Crippen LogP contribution in [0.15, 0.2) is 0 Å². The molecule has 0 spiro atoms. The molecule has 2 fully saturated rings. The molecule has 2 saturated heterocycles. The predicted octanol–water partition coefficient (Wildman–Crippen LogP) is -0.0274. The van der Waals surface area contributed by atoms with Gasteiger partial charge in [0.25, 0.3) is 0 Å². The summed E-state index contributed by atoms with van der Waals surface area (Å²) in [5.74, 6) is -0.792. The van der Waals surface area contributed by atoms with Crippen LogP contribution in [0.1, 0.15) is 26.2 Å². The van der Waals surface area contributed by atoms with E-state index in [1.54, 1.807) is 6.92 Å². The molecule has 2 aliphatic heterocycles. The summed E-state index contributed by atoms with van der Waals surface area (Å²) in [5.41, 5.74) is -4.25. The Morgan fingerprint density at radius 2 is 2.16 bits per heavy atom. The van der Waals surface area contributed by atoms with Crippen LogP contribution in [-0.4, -0.2) is 57.7 Å². The maximum atomic E-state index is 12.9. The number of carbonyl (C=O) groups is 1. The van der Waals surface area contributed by atoms with Crippen LogP contribution in [0.4, 0.5) is 13.2 Å². The zero-order valence-corrected chi connectivity index (χ0v) is 10.5. The smallest absolute Gasteiger partial charge is 0.390 e. The zero-order chi connectivity index (χ0) is 14.5. The molecule has 0 aromatic heterocycles. The van der Waals surface area contributed by atoms with Gasteiger partial charge >= 0.3 is 6.18 Å². The Labute approximate surface area is 108 Å². The molecule has 0 aromatic rings. The minimum absolute atomic E-state index is 0.00634. The van der Waals surface area contributed by atoms with Crippen molar-refractivity contribution >= 4 is 5.91 Å². The third-order valence-electron chi connectivity index (χ3n) is 4.02. The Balaban J connectivity index is 2.36. The average Bonchev–Trinajstić information content (AvgIpc) is 2.29. The Hall–Kier alpha value is -0.860. The second-order valence-electron chi connectivity index (χ2n) is 5.31. The quantitative estimate of drug-likeness (QED) is 0.631. The molecule has 3 atom stereocenters. The SMILES string of the molecule is CC[C@]12C[C@](O)(C(F)(F)F)CC(=O)N1C[C@@H](O)CN2. The highest BCUT2D eigenvalue weighted by atomic mass is 19.4. The van der Waals surface area contributed by atoms with E-state index in [1.165, 1.54) is 4.90 Å². The van der Waals surface area contributed by atoms with Gasteiger partial charge in [0.1, 0.15) is 0 Å². The maximum Gasteiger partial charge on any atom is 0.417 e. The summed E-state index contributed by atoms with van der Waals surface area (Å²) in [4.78, 5) is 13.1. The number of rotatable bonds is 1. The summed E-state index contributed by atoms with van der Waals surface area (Å²) < 4.78 is 38.8. The van der Waals surface area contributed by atoms with Crippen LogP contribution in [0.3, 0.4) is 0 Å². The highest BCUT2D eigenvalue weighted by Gasteiger charge is 2.63. The number of alkyl halides is 3. The number of halogens is 3. The molecule has 0 unspecified atom stereocenters. The number of amides is 1. The maximum absolute atomic E-state index is 12.9. The summed E-state index contributed by atoms with van der Waals surface area (Å²) in [6, 6.07) is 0. The van der Waals surface area contributed by atoms with Crippen LogP contribution in [0.5, 0.6) is 0 Å². The number of carbonyl (C=O) groups excluding carboxylic acids is 1. The van der Waals surface area contributed by atoms with E-state index in [1.807, 2.05) is 0 Å². The summed E-state index contributed by atoms with van der Waals surface area (Å²) in [6.45, 7) is 1.74. The molecule has 0 aliphatic carbocycles. The van der Waals surface area contributed by atoms with Crippen LogP contribution in [-0.2, 0) is 4.79 Å². The largest absolute Gasteiger partial charge is 0.417 e. The van der Waals surface area contributed by atoms with Crippen molar-refractivity contribution in [2.45, 2.75) is 49.7 Å². The lowest BCUT2D eigenvalue weighted by molar-refractivity contribution is -0.285. The van der Waals surface area contributed by atoms with Crippen molar-refractivity contribution < 1.29 is 28.2 Å². The number of nitrogens with one attached hydrogen (secondary N) is 1. The summed E-state index contributed by atoms with van der Waals surface area (Å²) in [7, 11) is 0. The fourth-order valence-electron chi connectivity index (χ4n) is 2.88. The van der Waals surface area contributed by atoms with E-state index >= 15 is 0 Å². The molecule has 8 heteroatoms. The number of aliphatic hydroxyl groups excluding tert-OH is 1. The molecule has 3 N–H and O–H groups in total. The molecule has 0 radical (unpaired) electrons. The number of aliphatic hydroxyl groups is 2. The van der Waals surface area contributed by atoms with Gasteiger partial charge in [0, 0.05) is 19.5 Å². The number of nitrogens with zero attached hydrogens (tertiary/aromatic N) is 1. The molecule has 1 amide bonds. The Bertz CT molecular complexity index is 390. The van der Waals surface area contributed by atoms with Crippen LogP contribution in [0, 0.1) is 0 Å². The van der Waals surface area contributed by atoms with Crippen molar-refractivity contribution in [1.29, 1.82) is 0 Å². The van der Waals surface area contributed by atoms with Gasteiger partial charge in [0.2, 0.25) is 5.91 Å². The number of fused-ring (bicyclic) bond motifs is 1. The molecule has 0 saturated carbocycles. The van der Waals surface area contributed by atoms with Crippen LogP contribution in [0.25, 0.3) is 0 Å². The van der Waals surface area contributed by atoms with Gasteiger partial charge in [0.05, 0.1) is 18.2 Å². The number of β-amino-alcohol motifs (C(OH)–C–C–N with tert-alkyl or cyclic N) is 1. The van der Waals surface area contributed by atoms with Gasteiger partial charge in [-0.3, -0.25) is 10.1 Å². The number of hydrogen-bond donors (Lipinski definition) is 3. The van der Waals surface area contributed by atoms with Crippen LogP contribution < -0.4 is 5.32 Å². The van der Waals surface area contributed by atoms with Crippen molar-refractivity contribution in [3.05, 3.63) is 0 Å². The average molecular weight is 282 g/mol. The van der Waals surface area contributed by atoms with Gasteiger partial charge in [0.15, 0.2) is 5.60 Å². The Kier molecular flexibility index (Phi) is 3.31. The molecule has 110 valence electrons. The van der Waals surface area contributed by atoms with E-state index in [-0.39, 0.29) is 19.5 Å². The van der Waals surface area contributed by atoms with Crippen LogP contribution in [0.2, 0.25) is 0 Å². The van der Waals surface area contributed by atoms with Gasteiger partial charge in [-0.05, 0) is 6.42 Å². The predicted molar refractivity (Wildman–Crippen MR) is 59.0 cm³/mol. The lowest BCUT2D eigenvalue weighted by Gasteiger charge is -2.55. The normalized spacial score (nSPS) is 40.2. The van der Waals surface area contributed by atoms with Crippen molar-refractivity contribution in [2.24, 2.45) is 0 Å². The Morgan fingerprint density at radius 3 is 2.68 bits per heavy atom. The molecule has 2 aliphatic rings. The Morgan fingerprint density at radius 1 is 1.53 bits per heavy atom. The first kappa shape index (κ1) is 14.5. The first-order valence-electron chi connectivity index (χ1n) is 6.16. The molecule has 19 heavy (non-hydrogen) atoms. The molecular formula is C11H17F3N2O3. The molecular weight excluding hydrogens is 265 g/mol. The zero-order valence-electron chi connectivity index (χ0n) is 10.5. The molecule has 0 bridgehead atoms. The second kappa shape index (κ2) is 4.32. The number of hydrogen-bond acceptors (Lipinski definition) is 4. The van der Waals surface area contributed by atoms with E-state index in [2.05, 4.69) is 5.32 Å². The van der Waals surface area contributed by atoms with E-state index in [4.69, 9.17) is 0 Å². The summed E-state index contributed by atoms with van der Waals surface area (Å²) >= 11 is 0. The van der Waals surface area contributed by atoms with Gasteiger partial charge < -0.3 is 15.1 Å². The van der Waals surface area contributed by atoms with E-state index in [9.17, 15) is 28.2 Å². The fraction of sp³-hybridized carbons (Fsp3) is 0.909. The van der Waals surface area contributed by atoms with E-state index in [0.717, 1.165) is 0 Å². The first-order valence-corrected chi connectivity index (χ1v) is 6.16. The third kappa shape index (κ3) is 2.21. The summed E-state index contributed by atoms with van der Waals surface area (Å²) in [5, 5.41) is 22.1. The van der Waals surface area contributed by atoms with Crippen molar-refractivity contribution in [3.63, 3.8) is 0 Å². The number of piperidine rings is 1.